The van der Waals surface area contributed by atoms with Crippen LogP contribution < -0.4 is 0 Å². The van der Waals surface area contributed by atoms with Crippen molar-refractivity contribution in [2.24, 2.45) is 0 Å². The molecule has 1 unspecified atom stereocenters. The van der Waals surface area contributed by atoms with E-state index in [4.69, 9.17) is 0 Å². The van der Waals surface area contributed by atoms with Crippen LogP contribution in [0.25, 0.3) is 10.8 Å². The molecule has 108 valence electrons. The first kappa shape index (κ1) is 14.1. The third-order valence-corrected chi connectivity index (χ3v) is 4.24. The van der Waals surface area contributed by atoms with E-state index < -0.39 is 6.10 Å². The monoisotopic (exact) mass is 299 g/mol. The van der Waals surface area contributed by atoms with Crippen molar-refractivity contribution in [2.45, 2.75) is 32.3 Å². The van der Waals surface area contributed by atoms with Gasteiger partial charge in [-0.3, -0.25) is 4.98 Å². The van der Waals surface area contributed by atoms with Crippen molar-refractivity contribution < 1.29 is 5.11 Å². The van der Waals surface area contributed by atoms with Crippen molar-refractivity contribution in [3.63, 3.8) is 0 Å². The number of benzene rings is 1. The van der Waals surface area contributed by atoms with Gasteiger partial charge in [-0.1, -0.05) is 49.5 Å². The van der Waals surface area contributed by atoms with Crippen LogP contribution in [0.3, 0.4) is 0 Å². The average Bonchev–Trinajstić information content (AvgIpc) is 2.95. The number of aliphatic hydroxyl groups is 1. The van der Waals surface area contributed by atoms with Gasteiger partial charge in [0.2, 0.25) is 0 Å². The molecule has 0 saturated carbocycles. The number of hydrogen-bond donors (Lipinski definition) is 1. The smallest absolute Gasteiger partial charge is 0.119 e. The zero-order valence-electron chi connectivity index (χ0n) is 12.2. The van der Waals surface area contributed by atoms with E-state index in [1.165, 1.54) is 11.5 Å². The van der Waals surface area contributed by atoms with Crippen LogP contribution in [0.15, 0.2) is 36.7 Å². The minimum absolute atomic E-state index is 0.151. The summed E-state index contributed by atoms with van der Waals surface area (Å²) < 4.78 is 4.03. The minimum Gasteiger partial charge on any atom is -0.383 e. The molecule has 2 aromatic heterocycles. The van der Waals surface area contributed by atoms with Gasteiger partial charge in [0, 0.05) is 28.8 Å². The van der Waals surface area contributed by atoms with Crippen molar-refractivity contribution in [1.29, 1.82) is 0 Å². The highest BCUT2D eigenvalue weighted by atomic mass is 32.1. The molecule has 0 saturated heterocycles. The van der Waals surface area contributed by atoms with Crippen molar-refractivity contribution in [3.8, 4) is 0 Å². The Morgan fingerprint density at radius 2 is 1.90 bits per heavy atom. The van der Waals surface area contributed by atoms with Gasteiger partial charge in [0.25, 0.3) is 0 Å². The molecule has 0 spiro atoms. The normalized spacial score (nSPS) is 13.5. The molecule has 0 aliphatic carbocycles. The quantitative estimate of drug-likeness (QED) is 0.787. The Kier molecular flexibility index (Phi) is 3.47. The molecule has 0 aliphatic heterocycles. The molecule has 0 radical (unpaired) electrons. The summed E-state index contributed by atoms with van der Waals surface area (Å²) >= 11 is 1.25. The molecule has 5 heteroatoms. The third kappa shape index (κ3) is 2.54. The lowest BCUT2D eigenvalue weighted by molar-refractivity contribution is 0.222. The van der Waals surface area contributed by atoms with Crippen molar-refractivity contribution in [2.75, 3.05) is 0 Å². The number of fused-ring (bicyclic) bond motifs is 1. The highest BCUT2D eigenvalue weighted by molar-refractivity contribution is 7.05. The van der Waals surface area contributed by atoms with E-state index in [9.17, 15) is 5.11 Å². The van der Waals surface area contributed by atoms with Gasteiger partial charge in [-0.15, -0.1) is 5.10 Å². The molecule has 1 N–H and O–H groups in total. The number of nitrogens with zero attached hydrogens (tertiary/aromatic N) is 3. The van der Waals surface area contributed by atoms with Crippen LogP contribution in [0.4, 0.5) is 0 Å². The van der Waals surface area contributed by atoms with E-state index in [0.717, 1.165) is 26.9 Å². The first-order valence-electron chi connectivity index (χ1n) is 6.82. The maximum absolute atomic E-state index is 10.8. The molecule has 3 aromatic rings. The predicted molar refractivity (Wildman–Crippen MR) is 84.4 cm³/mol. The fourth-order valence-electron chi connectivity index (χ4n) is 2.40. The number of pyridine rings is 1. The first-order valence-corrected chi connectivity index (χ1v) is 7.59. The molecular formula is C16H17N3OS. The van der Waals surface area contributed by atoms with Crippen LogP contribution in [0.5, 0.6) is 0 Å². The Hall–Kier alpha value is -1.85. The zero-order chi connectivity index (χ0) is 15.0. The van der Waals surface area contributed by atoms with Gasteiger partial charge >= 0.3 is 0 Å². The second-order valence-electron chi connectivity index (χ2n) is 6.09. The maximum atomic E-state index is 10.8. The summed E-state index contributed by atoms with van der Waals surface area (Å²) in [6, 6.07) is 7.93. The van der Waals surface area contributed by atoms with Gasteiger partial charge < -0.3 is 5.11 Å². The van der Waals surface area contributed by atoms with Gasteiger partial charge in [-0.25, -0.2) is 0 Å². The van der Waals surface area contributed by atoms with Crippen LogP contribution in [0.1, 0.15) is 43.0 Å². The number of hydrogen-bond acceptors (Lipinski definition) is 5. The van der Waals surface area contributed by atoms with E-state index in [-0.39, 0.29) is 5.41 Å². The van der Waals surface area contributed by atoms with Crippen LogP contribution in [-0.4, -0.2) is 19.7 Å². The van der Waals surface area contributed by atoms with E-state index in [1.807, 2.05) is 24.3 Å². The fourth-order valence-corrected chi connectivity index (χ4v) is 3.27. The molecule has 2 heterocycles. The lowest BCUT2D eigenvalue weighted by Gasteiger charge is -2.19. The summed E-state index contributed by atoms with van der Waals surface area (Å²) in [6.45, 7) is 6.21. The Bertz CT molecular complexity index is 771. The lowest BCUT2D eigenvalue weighted by atomic mass is 9.89. The van der Waals surface area contributed by atoms with Crippen molar-refractivity contribution in [3.05, 3.63) is 52.8 Å². The molecule has 21 heavy (non-hydrogen) atoms. The number of aromatic nitrogens is 3. The largest absolute Gasteiger partial charge is 0.383 e. The van der Waals surface area contributed by atoms with E-state index in [2.05, 4.69) is 35.3 Å². The Balaban J connectivity index is 2.14. The summed E-state index contributed by atoms with van der Waals surface area (Å²) in [6.07, 6.45) is 2.78. The highest BCUT2D eigenvalue weighted by Gasteiger charge is 2.27. The summed E-state index contributed by atoms with van der Waals surface area (Å²) in [4.78, 5) is 5.03. The minimum atomic E-state index is -0.752. The molecular weight excluding hydrogens is 282 g/mol. The molecule has 0 bridgehead atoms. The molecule has 0 aliphatic rings. The second-order valence-corrected chi connectivity index (χ2v) is 6.87. The van der Waals surface area contributed by atoms with Gasteiger partial charge in [0.05, 0.1) is 10.6 Å². The second kappa shape index (κ2) is 5.16. The standard InChI is InChI=1S/C16H17N3OS/c1-16(2,3)15-14(21-19-18-15)13(20)12-9-17-8-10-6-4-5-7-11(10)12/h4-9,13,20H,1-3H3. The SMILES string of the molecule is CC(C)(C)c1nnsc1C(O)c1cncc2ccccc12. The predicted octanol–water partition coefficient (Wildman–Crippen LogP) is 3.47. The van der Waals surface area contributed by atoms with Crippen LogP contribution >= 0.6 is 11.5 Å². The van der Waals surface area contributed by atoms with E-state index in [1.54, 1.807) is 12.4 Å². The molecule has 0 amide bonds. The van der Waals surface area contributed by atoms with Gasteiger partial charge in [0.1, 0.15) is 6.10 Å². The average molecular weight is 299 g/mol. The van der Waals surface area contributed by atoms with Gasteiger partial charge in [-0.05, 0) is 16.9 Å². The summed E-state index contributed by atoms with van der Waals surface area (Å²) in [7, 11) is 0. The summed E-state index contributed by atoms with van der Waals surface area (Å²) in [5, 5.41) is 17.0. The van der Waals surface area contributed by atoms with E-state index >= 15 is 0 Å². The van der Waals surface area contributed by atoms with Gasteiger partial charge in [0.15, 0.2) is 0 Å². The van der Waals surface area contributed by atoms with Crippen molar-refractivity contribution >= 4 is 22.3 Å². The molecule has 4 nitrogen and oxygen atoms in total. The molecule has 3 rings (SSSR count). The third-order valence-electron chi connectivity index (χ3n) is 3.47. The highest BCUT2D eigenvalue weighted by Crippen LogP contribution is 2.35. The molecule has 1 atom stereocenters. The molecule has 1 aromatic carbocycles. The Labute approximate surface area is 127 Å². The number of rotatable bonds is 2. The van der Waals surface area contributed by atoms with Crippen LogP contribution in [0.2, 0.25) is 0 Å². The summed E-state index contributed by atoms with van der Waals surface area (Å²) in [5.74, 6) is 0. The summed E-state index contributed by atoms with van der Waals surface area (Å²) in [5.41, 5.74) is 1.49. The molecule has 0 fully saturated rings. The van der Waals surface area contributed by atoms with Crippen LogP contribution in [-0.2, 0) is 5.41 Å². The topological polar surface area (TPSA) is 58.9 Å². The van der Waals surface area contributed by atoms with Crippen LogP contribution in [0, 0.1) is 0 Å². The Morgan fingerprint density at radius 3 is 2.67 bits per heavy atom. The Morgan fingerprint density at radius 1 is 1.14 bits per heavy atom. The van der Waals surface area contributed by atoms with Crippen molar-refractivity contribution in [1.82, 2.24) is 14.6 Å². The lowest BCUT2D eigenvalue weighted by Crippen LogP contribution is -2.16. The maximum Gasteiger partial charge on any atom is 0.119 e. The zero-order valence-corrected chi connectivity index (χ0v) is 13.1. The first-order chi connectivity index (χ1) is 9.98. The fraction of sp³-hybridized carbons (Fsp3) is 0.312. The van der Waals surface area contributed by atoms with Gasteiger partial charge in [-0.2, -0.15) is 0 Å². The number of aliphatic hydroxyl groups excluding tert-OH is 1. The van der Waals surface area contributed by atoms with E-state index in [0.29, 0.717) is 0 Å².